The molecule has 3 rings (SSSR count). The second kappa shape index (κ2) is 24.6. The van der Waals surface area contributed by atoms with Crippen LogP contribution in [0.2, 0.25) is 0 Å². The molecular formula is C45H44F22O11. The van der Waals surface area contributed by atoms with E-state index in [-0.39, 0.29) is 33.4 Å². The van der Waals surface area contributed by atoms with Crippen LogP contribution in [0.1, 0.15) is 45.0 Å². The molecule has 0 heterocycles. The summed E-state index contributed by atoms with van der Waals surface area (Å²) in [6.45, 7) is -15.9. The molecule has 444 valence electrons. The zero-order chi connectivity index (χ0) is 59.8. The largest absolute Gasteiger partial charge is 0.487 e. The Bertz CT molecular complexity index is 2300. The Hall–Kier alpha value is -5.25. The fourth-order valence-electron chi connectivity index (χ4n) is 5.25. The minimum absolute atomic E-state index is 0.0237. The lowest BCUT2D eigenvalue weighted by molar-refractivity contribution is -0.453. The van der Waals surface area contributed by atoms with Crippen LogP contribution in [-0.4, -0.2) is 137 Å². The van der Waals surface area contributed by atoms with Gasteiger partial charge >= 0.3 is 66.3 Å². The lowest BCUT2D eigenvalue weighted by Crippen LogP contribution is -2.56. The predicted molar refractivity (Wildman–Crippen MR) is 221 cm³/mol. The van der Waals surface area contributed by atoms with Crippen LogP contribution in [0.4, 0.5) is 96.6 Å². The molecule has 0 aliphatic carbocycles. The molecule has 33 heteroatoms. The molecule has 0 bridgehead atoms. The van der Waals surface area contributed by atoms with Crippen LogP contribution < -0.4 is 18.9 Å². The highest BCUT2D eigenvalue weighted by Crippen LogP contribution is 2.48. The topological polar surface area (TPSA) is 109 Å². The van der Waals surface area contributed by atoms with Crippen LogP contribution in [0.3, 0.4) is 0 Å². The number of rotatable bonds is 30. The molecule has 78 heavy (non-hydrogen) atoms. The summed E-state index contributed by atoms with van der Waals surface area (Å²) in [5, 5.41) is 0. The predicted octanol–water partition coefficient (Wildman–Crippen LogP) is 13.4. The molecular weight excluding hydrogens is 1130 g/mol. The molecule has 0 amide bonds. The number of alkyl halides is 22. The zero-order valence-electron chi connectivity index (χ0n) is 40.5. The van der Waals surface area contributed by atoms with Crippen LogP contribution in [0.5, 0.6) is 23.0 Å². The Balaban J connectivity index is 2.05. The molecule has 0 spiro atoms. The third-order valence-electron chi connectivity index (χ3n) is 9.77. The minimum atomic E-state index is -6.50. The van der Waals surface area contributed by atoms with E-state index in [0.29, 0.717) is 23.3 Å². The third-order valence-corrected chi connectivity index (χ3v) is 9.77. The Kier molecular flexibility index (Phi) is 21.2. The quantitative estimate of drug-likeness (QED) is 0.0275. The van der Waals surface area contributed by atoms with E-state index in [0.717, 1.165) is 0 Å². The fraction of sp³-hybridized carbons (Fsp3) is 0.578. The Morgan fingerprint density at radius 3 is 1.08 bits per heavy atom. The summed E-state index contributed by atoms with van der Waals surface area (Å²) >= 11 is 0. The highest BCUT2D eigenvalue weighted by molar-refractivity contribution is 5.92. The first-order valence-corrected chi connectivity index (χ1v) is 21.7. The van der Waals surface area contributed by atoms with Crippen molar-refractivity contribution in [1.82, 2.24) is 0 Å². The molecule has 3 unspecified atom stereocenters. The highest BCUT2D eigenvalue weighted by atomic mass is 19.4. The number of esters is 1. The molecule has 3 atom stereocenters. The van der Waals surface area contributed by atoms with Crippen molar-refractivity contribution in [2.24, 2.45) is 0 Å². The molecule has 3 aromatic rings. The van der Waals surface area contributed by atoms with Crippen LogP contribution in [-0.2, 0) is 28.4 Å². The van der Waals surface area contributed by atoms with Gasteiger partial charge in [-0.3, -0.25) is 14.2 Å². The van der Waals surface area contributed by atoms with Gasteiger partial charge in [-0.05, 0) is 63.1 Å². The van der Waals surface area contributed by atoms with Gasteiger partial charge in [0.15, 0.2) is 22.8 Å². The first-order chi connectivity index (χ1) is 35.2. The average Bonchev–Trinajstić information content (AvgIpc) is 3.27. The maximum absolute atomic E-state index is 14.9. The number of hydrogen-bond acceptors (Lipinski definition) is 11. The number of ether oxygens (including phenoxy) is 10. The summed E-state index contributed by atoms with van der Waals surface area (Å²) in [7, 11) is 0. The van der Waals surface area contributed by atoms with Crippen LogP contribution in [0.25, 0.3) is 11.1 Å². The van der Waals surface area contributed by atoms with Gasteiger partial charge in [-0.15, -0.1) is 0 Å². The minimum Gasteiger partial charge on any atom is -0.487 e. The van der Waals surface area contributed by atoms with E-state index in [1.54, 1.807) is 30.3 Å². The van der Waals surface area contributed by atoms with Crippen LogP contribution in [0.15, 0.2) is 66.7 Å². The van der Waals surface area contributed by atoms with E-state index in [1.165, 1.54) is 24.3 Å². The maximum Gasteiger partial charge on any atom is 0.451 e. The molecule has 0 radical (unpaired) electrons. The monoisotopic (exact) mass is 1180 g/mol. The lowest BCUT2D eigenvalue weighted by atomic mass is 10.1. The molecule has 0 fully saturated rings. The van der Waals surface area contributed by atoms with Gasteiger partial charge < -0.3 is 33.2 Å². The van der Waals surface area contributed by atoms with Gasteiger partial charge in [0.1, 0.15) is 45.4 Å². The summed E-state index contributed by atoms with van der Waals surface area (Å²) in [5.74, 6) is -26.6. The van der Waals surface area contributed by atoms with E-state index in [4.69, 9.17) is 18.9 Å². The fourth-order valence-corrected chi connectivity index (χ4v) is 5.25. The normalized spacial score (nSPS) is 16.0. The Labute approximate surface area is 426 Å². The SMILES string of the molecule is CC(C)(F)C(F)(F)OC(F)(COCCOc1cc(C(=O)Oc2ccc(-c3ccccc3)cc2)cc(OCCOCC(F)(OC(F)(F)C(C)(F)F)C(F)(F)F)c1OCCOCC(F)(OC(F)(F)C(C)(C)F)C(F)(F)F)C(F)(F)F. The highest BCUT2D eigenvalue weighted by Gasteiger charge is 2.69. The smallest absolute Gasteiger partial charge is 0.451 e. The molecule has 0 saturated heterocycles. The number of carbonyl (C=O) groups is 1. The summed E-state index contributed by atoms with van der Waals surface area (Å²) in [6.07, 6.45) is -36.3. The van der Waals surface area contributed by atoms with E-state index in [9.17, 15) is 101 Å². The van der Waals surface area contributed by atoms with Gasteiger partial charge in [-0.25, -0.2) is 13.6 Å². The molecule has 3 aromatic carbocycles. The van der Waals surface area contributed by atoms with Crippen molar-refractivity contribution < 1.29 is 149 Å². The van der Waals surface area contributed by atoms with Crippen molar-refractivity contribution in [2.45, 2.75) is 106 Å². The maximum atomic E-state index is 14.9. The van der Waals surface area contributed by atoms with E-state index in [2.05, 4.69) is 28.4 Å². The lowest BCUT2D eigenvalue weighted by Gasteiger charge is -2.34. The molecule has 0 N–H and O–H groups in total. The standard InChI is InChI=1S/C45H44F22O11/c1-34(2,46)43(62,63)76-37(50,40(53,54)55)23-69-15-18-72-30-21-28(33(68)75-29-13-11-27(12-14-29)26-9-7-6-8-10-26)22-31(73-19-16-70-25-39(52,42(59,60)61)78-45(66,67)36(5,48)49)32(30)74-20-17-71-24-38(51,41(56,57)58)77-44(64,65)35(3,4)47/h6-14,21-22H,15-20,23-25H2,1-5H3. The molecule has 0 aliphatic heterocycles. The van der Waals surface area contributed by atoms with Crippen LogP contribution in [0, 0.1) is 0 Å². The van der Waals surface area contributed by atoms with Gasteiger partial charge in [-0.1, -0.05) is 42.5 Å². The van der Waals surface area contributed by atoms with Crippen molar-refractivity contribution in [2.75, 3.05) is 59.5 Å². The molecule has 11 nitrogen and oxygen atoms in total. The van der Waals surface area contributed by atoms with Gasteiger partial charge in [0.25, 0.3) is 0 Å². The van der Waals surface area contributed by atoms with E-state index in [1.807, 2.05) is 0 Å². The van der Waals surface area contributed by atoms with Crippen molar-refractivity contribution >= 4 is 5.97 Å². The van der Waals surface area contributed by atoms with Crippen LogP contribution >= 0.6 is 0 Å². The summed E-state index contributed by atoms with van der Waals surface area (Å²) in [4.78, 5) is 13.6. The third kappa shape index (κ3) is 17.6. The Morgan fingerprint density at radius 2 is 0.744 bits per heavy atom. The summed E-state index contributed by atoms with van der Waals surface area (Å²) in [6, 6.07) is 15.1. The number of carbonyl (C=O) groups excluding carboxylic acids is 1. The van der Waals surface area contributed by atoms with Gasteiger partial charge in [0, 0.05) is 6.92 Å². The van der Waals surface area contributed by atoms with Crippen molar-refractivity contribution in [3.8, 4) is 34.1 Å². The molecule has 0 aromatic heterocycles. The molecule has 0 saturated carbocycles. The van der Waals surface area contributed by atoms with Crippen molar-refractivity contribution in [1.29, 1.82) is 0 Å². The van der Waals surface area contributed by atoms with E-state index >= 15 is 0 Å². The second-order valence-corrected chi connectivity index (χ2v) is 17.2. The number of benzene rings is 3. The van der Waals surface area contributed by atoms with E-state index < -0.39 is 167 Å². The average molecular weight is 1180 g/mol. The van der Waals surface area contributed by atoms with Gasteiger partial charge in [-0.2, -0.15) is 87.8 Å². The Morgan fingerprint density at radius 1 is 0.410 bits per heavy atom. The van der Waals surface area contributed by atoms with Crippen molar-refractivity contribution in [3.05, 3.63) is 72.3 Å². The van der Waals surface area contributed by atoms with Gasteiger partial charge in [0.2, 0.25) is 5.75 Å². The number of halogens is 22. The number of hydrogen-bond donors (Lipinski definition) is 0. The first-order valence-electron chi connectivity index (χ1n) is 21.7. The van der Waals surface area contributed by atoms with Crippen molar-refractivity contribution in [3.63, 3.8) is 0 Å². The van der Waals surface area contributed by atoms with Gasteiger partial charge in [0.05, 0.1) is 25.4 Å². The first kappa shape index (κ1) is 67.0. The summed E-state index contributed by atoms with van der Waals surface area (Å²) in [5.41, 5.74) is -7.36. The second-order valence-electron chi connectivity index (χ2n) is 17.2. The molecule has 0 aliphatic rings. The summed E-state index contributed by atoms with van der Waals surface area (Å²) < 4.78 is 349. The zero-order valence-corrected chi connectivity index (χ0v) is 40.5.